The fraction of sp³-hybridized carbons (Fsp3) is 1.00. The van der Waals surface area contributed by atoms with Gasteiger partial charge in [0.1, 0.15) is 0 Å². The highest BCUT2D eigenvalue weighted by Crippen LogP contribution is 2.36. The lowest BCUT2D eigenvalue weighted by atomic mass is 9.80. The zero-order valence-corrected chi connectivity index (χ0v) is 17.0. The zero-order valence-electron chi connectivity index (χ0n) is 17.0. The minimum absolute atomic E-state index is 0.954. The van der Waals surface area contributed by atoms with E-state index in [9.17, 15) is 0 Å². The molecule has 2 unspecified atom stereocenters. The number of nitrogens with zero attached hydrogens (tertiary/aromatic N) is 3. The minimum Gasteiger partial charge on any atom is -0.303 e. The maximum absolute atomic E-state index is 2.56. The van der Waals surface area contributed by atoms with E-state index in [1.807, 2.05) is 0 Å². The lowest BCUT2D eigenvalue weighted by Gasteiger charge is -2.43. The molecule has 0 aromatic rings. The van der Waals surface area contributed by atoms with Crippen molar-refractivity contribution in [1.29, 1.82) is 0 Å². The third-order valence-electron chi connectivity index (χ3n) is 8.49. The smallest absolute Gasteiger partial charge is 0.00963 e. The molecule has 2 atom stereocenters. The maximum atomic E-state index is 2.56. The Kier molecular flexibility index (Phi) is 5.74. The Labute approximate surface area is 156 Å². The normalized spacial score (nSPS) is 45.2. The van der Waals surface area contributed by atoms with Crippen LogP contribution in [0.25, 0.3) is 0 Å². The standard InChI is InChI=1S/C8H15N.2C7H13N/c1-9-6-7-2-4-8(9)5-3-7;1-8-5-6-2-3-7(8)4-6;1-8-6-2-3-7(8)5-4-6/h7-8H,2-6H2,1H3;2*6-7H,2-5H2,1H3. The summed E-state index contributed by atoms with van der Waals surface area (Å²) < 4.78 is 0. The number of hydrogen-bond donors (Lipinski definition) is 0. The summed E-state index contributed by atoms with van der Waals surface area (Å²) in [6, 6.07) is 3.87. The van der Waals surface area contributed by atoms with Gasteiger partial charge in [-0.1, -0.05) is 0 Å². The summed E-state index contributed by atoms with van der Waals surface area (Å²) in [5.74, 6) is 2.13. The molecular formula is C22H41N3. The summed E-state index contributed by atoms with van der Waals surface area (Å²) in [5, 5.41) is 0. The maximum Gasteiger partial charge on any atom is 0.00963 e. The third kappa shape index (κ3) is 4.09. The van der Waals surface area contributed by atoms with E-state index in [-0.39, 0.29) is 0 Å². The molecule has 5 heterocycles. The molecule has 7 fully saturated rings. The predicted octanol–water partition coefficient (Wildman–Crippen LogP) is 3.83. The first-order chi connectivity index (χ1) is 12.1. The van der Waals surface area contributed by atoms with Gasteiger partial charge in [0, 0.05) is 37.3 Å². The second kappa shape index (κ2) is 7.86. The van der Waals surface area contributed by atoms with Crippen molar-refractivity contribution in [3.05, 3.63) is 0 Å². The van der Waals surface area contributed by atoms with Crippen molar-refractivity contribution < 1.29 is 0 Å². The van der Waals surface area contributed by atoms with Crippen LogP contribution in [0.1, 0.15) is 70.6 Å². The second-order valence-corrected chi connectivity index (χ2v) is 10.0. The number of fused-ring (bicyclic) bond motifs is 7. The SMILES string of the molecule is CN1C2CCC1CC2.CN1CC2CCC1C2.CN1CC2CCC1CC2. The summed E-state index contributed by atoms with van der Waals surface area (Å²) in [6.45, 7) is 2.76. The van der Waals surface area contributed by atoms with Crippen LogP contribution in [0.4, 0.5) is 0 Å². The van der Waals surface area contributed by atoms with Crippen LogP contribution in [0.15, 0.2) is 0 Å². The number of hydrogen-bond acceptors (Lipinski definition) is 3. The van der Waals surface area contributed by atoms with Gasteiger partial charge in [0.25, 0.3) is 0 Å². The van der Waals surface area contributed by atoms with Crippen LogP contribution in [0, 0.1) is 11.8 Å². The molecule has 5 saturated heterocycles. The van der Waals surface area contributed by atoms with Gasteiger partial charge in [-0.15, -0.1) is 0 Å². The molecule has 7 aliphatic rings. The van der Waals surface area contributed by atoms with E-state index in [1.165, 1.54) is 83.7 Å². The molecule has 7 rings (SSSR count). The van der Waals surface area contributed by atoms with Crippen molar-refractivity contribution in [1.82, 2.24) is 14.7 Å². The summed E-state index contributed by atoms with van der Waals surface area (Å²) in [6.07, 6.45) is 16.3. The molecule has 25 heavy (non-hydrogen) atoms. The number of rotatable bonds is 0. The minimum atomic E-state index is 0.954. The van der Waals surface area contributed by atoms with Gasteiger partial charge in [0.2, 0.25) is 0 Å². The van der Waals surface area contributed by atoms with Crippen molar-refractivity contribution in [2.24, 2.45) is 11.8 Å². The molecule has 0 radical (unpaired) electrons. The van der Waals surface area contributed by atoms with Crippen LogP contribution in [0.3, 0.4) is 0 Å². The van der Waals surface area contributed by atoms with Crippen LogP contribution in [-0.2, 0) is 0 Å². The van der Waals surface area contributed by atoms with Gasteiger partial charge in [-0.05, 0) is 104 Å². The second-order valence-electron chi connectivity index (χ2n) is 10.0. The average Bonchev–Trinajstić information content (AvgIpc) is 3.40. The van der Waals surface area contributed by atoms with E-state index in [2.05, 4.69) is 35.8 Å². The average molecular weight is 348 g/mol. The van der Waals surface area contributed by atoms with Crippen LogP contribution < -0.4 is 0 Å². The Hall–Kier alpha value is -0.120. The Morgan fingerprint density at radius 3 is 1.12 bits per heavy atom. The molecule has 2 saturated carbocycles. The lowest BCUT2D eigenvalue weighted by molar-refractivity contribution is 0.0727. The summed E-state index contributed by atoms with van der Waals surface area (Å²) in [7, 11) is 6.80. The first-order valence-corrected chi connectivity index (χ1v) is 11.2. The van der Waals surface area contributed by atoms with Crippen molar-refractivity contribution in [3.63, 3.8) is 0 Å². The molecular weight excluding hydrogens is 306 g/mol. The molecule has 0 aromatic heterocycles. The van der Waals surface area contributed by atoms with E-state index >= 15 is 0 Å². The molecule has 0 N–H and O–H groups in total. The van der Waals surface area contributed by atoms with Gasteiger partial charge in [0.15, 0.2) is 0 Å². The van der Waals surface area contributed by atoms with Gasteiger partial charge < -0.3 is 14.7 Å². The largest absolute Gasteiger partial charge is 0.303 e. The van der Waals surface area contributed by atoms with Crippen molar-refractivity contribution in [2.45, 2.75) is 94.8 Å². The highest BCUT2D eigenvalue weighted by Gasteiger charge is 2.36. The molecule has 2 aliphatic carbocycles. The molecule has 6 bridgehead atoms. The topological polar surface area (TPSA) is 9.72 Å². The molecule has 0 spiro atoms. The van der Waals surface area contributed by atoms with E-state index < -0.39 is 0 Å². The van der Waals surface area contributed by atoms with Gasteiger partial charge in [0.05, 0.1) is 0 Å². The van der Waals surface area contributed by atoms with E-state index in [4.69, 9.17) is 0 Å². The van der Waals surface area contributed by atoms with Crippen LogP contribution in [0.5, 0.6) is 0 Å². The monoisotopic (exact) mass is 347 g/mol. The Morgan fingerprint density at radius 2 is 0.920 bits per heavy atom. The van der Waals surface area contributed by atoms with Crippen LogP contribution >= 0.6 is 0 Å². The summed E-state index contributed by atoms with van der Waals surface area (Å²) in [5.41, 5.74) is 0. The fourth-order valence-electron chi connectivity index (χ4n) is 6.67. The molecule has 5 aliphatic heterocycles. The molecule has 0 aromatic carbocycles. The molecule has 3 heteroatoms. The van der Waals surface area contributed by atoms with Gasteiger partial charge in [-0.25, -0.2) is 0 Å². The molecule has 144 valence electrons. The highest BCUT2D eigenvalue weighted by atomic mass is 15.2. The fourth-order valence-corrected chi connectivity index (χ4v) is 6.67. The lowest BCUT2D eigenvalue weighted by Crippen LogP contribution is -2.45. The Bertz CT molecular complexity index is 409. The van der Waals surface area contributed by atoms with Crippen LogP contribution in [0.2, 0.25) is 0 Å². The van der Waals surface area contributed by atoms with Gasteiger partial charge in [-0.2, -0.15) is 0 Å². The highest BCUT2D eigenvalue weighted by molar-refractivity contribution is 4.92. The van der Waals surface area contributed by atoms with Crippen molar-refractivity contribution >= 4 is 0 Å². The third-order valence-corrected chi connectivity index (χ3v) is 8.49. The quantitative estimate of drug-likeness (QED) is 0.659. The molecule has 0 amide bonds. The van der Waals surface area contributed by atoms with Crippen molar-refractivity contribution in [2.75, 3.05) is 34.2 Å². The molecule has 3 nitrogen and oxygen atoms in total. The van der Waals surface area contributed by atoms with Gasteiger partial charge >= 0.3 is 0 Å². The first-order valence-electron chi connectivity index (χ1n) is 11.2. The van der Waals surface area contributed by atoms with Crippen molar-refractivity contribution in [3.8, 4) is 0 Å². The first kappa shape index (κ1) is 18.3. The Morgan fingerprint density at radius 1 is 0.480 bits per heavy atom. The van der Waals surface area contributed by atoms with Crippen LogP contribution in [-0.4, -0.2) is 73.1 Å². The number of piperidine rings is 3. The predicted molar refractivity (Wildman–Crippen MR) is 106 cm³/mol. The van der Waals surface area contributed by atoms with E-state index in [0.717, 1.165) is 36.0 Å². The Balaban J connectivity index is 0.0000000943. The number of likely N-dealkylation sites (tertiary alicyclic amines) is 1. The zero-order chi connectivity index (χ0) is 17.4. The van der Waals surface area contributed by atoms with E-state index in [0.29, 0.717) is 0 Å². The summed E-state index contributed by atoms with van der Waals surface area (Å²) >= 11 is 0. The summed E-state index contributed by atoms with van der Waals surface area (Å²) in [4.78, 5) is 7.60. The van der Waals surface area contributed by atoms with Gasteiger partial charge in [-0.3, -0.25) is 0 Å². The van der Waals surface area contributed by atoms with E-state index in [1.54, 1.807) is 0 Å².